The third-order valence-corrected chi connectivity index (χ3v) is 1.63. The van der Waals surface area contributed by atoms with E-state index in [1.807, 2.05) is 0 Å². The van der Waals surface area contributed by atoms with Gasteiger partial charge in [-0.15, -0.1) is 0 Å². The monoisotopic (exact) mass is 299 g/mol. The summed E-state index contributed by atoms with van der Waals surface area (Å²) < 4.78 is 0. The number of hydrogen-bond acceptors (Lipinski definition) is 6. The molecule has 1 atom stereocenters. The van der Waals surface area contributed by atoms with E-state index in [0.29, 0.717) is 0 Å². The van der Waals surface area contributed by atoms with Crippen LogP contribution in [0.2, 0.25) is 0 Å². The van der Waals surface area contributed by atoms with Crippen LogP contribution in [0.5, 0.6) is 0 Å². The van der Waals surface area contributed by atoms with Gasteiger partial charge in [0.2, 0.25) is 0 Å². The average molecular weight is 299 g/mol. The number of carbonyl (C=O) groups is 2. The van der Waals surface area contributed by atoms with Gasteiger partial charge in [0.05, 0.1) is 24.6 Å². The summed E-state index contributed by atoms with van der Waals surface area (Å²) >= 11 is 0. The van der Waals surface area contributed by atoms with Gasteiger partial charge in [-0.2, -0.15) is 0 Å². The zero-order chi connectivity index (χ0) is 13.4. The standard InChI is InChI=1S/C8H6O4.C3H8O2.Co/c9-7(10)5-3-1-2-4-6(5)8(11)12;1-3(5)2-4;/h1-4H,(H,9,10)(H,11,12);3-5H,2H2,1H3;/q;;+2/p-2. The van der Waals surface area contributed by atoms with Crippen LogP contribution in [0.25, 0.3) is 0 Å². The second-order valence-electron chi connectivity index (χ2n) is 3.15. The molecule has 7 heteroatoms. The van der Waals surface area contributed by atoms with Crippen LogP contribution in [-0.4, -0.2) is 34.9 Å². The number of hydrogen-bond donors (Lipinski definition) is 2. The van der Waals surface area contributed by atoms with E-state index < -0.39 is 18.0 Å². The van der Waals surface area contributed by atoms with E-state index in [4.69, 9.17) is 10.2 Å². The van der Waals surface area contributed by atoms with Crippen molar-refractivity contribution in [1.82, 2.24) is 0 Å². The van der Waals surface area contributed by atoms with Crippen molar-refractivity contribution >= 4 is 11.9 Å². The second kappa shape index (κ2) is 9.60. The van der Waals surface area contributed by atoms with Crippen molar-refractivity contribution in [2.75, 3.05) is 6.61 Å². The zero-order valence-electron chi connectivity index (χ0n) is 9.45. The normalized spacial score (nSPS) is 10.4. The topological polar surface area (TPSA) is 121 Å². The van der Waals surface area contributed by atoms with E-state index in [-0.39, 0.29) is 34.5 Å². The Bertz CT molecular complexity index is 358. The molecule has 0 fully saturated rings. The maximum absolute atomic E-state index is 10.3. The van der Waals surface area contributed by atoms with Gasteiger partial charge in [-0.25, -0.2) is 0 Å². The Morgan fingerprint density at radius 2 is 1.44 bits per heavy atom. The maximum Gasteiger partial charge on any atom is 2.00 e. The Kier molecular flexibility index (Phi) is 10.1. The molecule has 1 aromatic carbocycles. The van der Waals surface area contributed by atoms with E-state index >= 15 is 0 Å². The predicted molar refractivity (Wildman–Crippen MR) is 53.9 cm³/mol. The van der Waals surface area contributed by atoms with Gasteiger partial charge in [0.15, 0.2) is 0 Å². The van der Waals surface area contributed by atoms with Gasteiger partial charge >= 0.3 is 16.8 Å². The number of aliphatic hydroxyl groups is 2. The smallest absolute Gasteiger partial charge is 0.545 e. The molecule has 18 heavy (non-hydrogen) atoms. The Morgan fingerprint density at radius 1 is 1.17 bits per heavy atom. The van der Waals surface area contributed by atoms with Crippen LogP contribution in [-0.2, 0) is 16.8 Å². The molecule has 0 bridgehead atoms. The van der Waals surface area contributed by atoms with Crippen LogP contribution >= 0.6 is 0 Å². The summed E-state index contributed by atoms with van der Waals surface area (Å²) in [5.41, 5.74) is -0.727. The maximum atomic E-state index is 10.3. The molecule has 1 aromatic rings. The van der Waals surface area contributed by atoms with Gasteiger partial charge < -0.3 is 30.0 Å². The van der Waals surface area contributed by atoms with Crippen molar-refractivity contribution in [3.05, 3.63) is 35.4 Å². The first-order chi connectivity index (χ1) is 7.90. The van der Waals surface area contributed by atoms with Crippen LogP contribution < -0.4 is 10.2 Å². The van der Waals surface area contributed by atoms with E-state index in [1.54, 1.807) is 0 Å². The predicted octanol–water partition coefficient (Wildman–Crippen LogP) is -2.23. The largest absolute Gasteiger partial charge is 2.00 e. The van der Waals surface area contributed by atoms with Crippen molar-refractivity contribution in [3.8, 4) is 0 Å². The summed E-state index contributed by atoms with van der Waals surface area (Å²) in [4.78, 5) is 20.6. The Labute approximate surface area is 114 Å². The summed E-state index contributed by atoms with van der Waals surface area (Å²) in [6.07, 6.45) is -0.560. The fourth-order valence-corrected chi connectivity index (χ4v) is 0.839. The Hall–Kier alpha value is -1.41. The molecule has 0 saturated heterocycles. The summed E-state index contributed by atoms with van der Waals surface area (Å²) in [5.74, 6) is -3.04. The van der Waals surface area contributed by atoms with E-state index in [0.717, 1.165) is 12.1 Å². The van der Waals surface area contributed by atoms with Gasteiger partial charge in [-0.1, -0.05) is 24.3 Å². The third kappa shape index (κ3) is 7.02. The molecule has 0 aliphatic rings. The Morgan fingerprint density at radius 3 is 1.61 bits per heavy atom. The first kappa shape index (κ1) is 18.9. The molecular weight excluding hydrogens is 287 g/mol. The quantitative estimate of drug-likeness (QED) is 0.651. The molecule has 0 aliphatic carbocycles. The van der Waals surface area contributed by atoms with Crippen molar-refractivity contribution in [1.29, 1.82) is 0 Å². The van der Waals surface area contributed by atoms with Gasteiger partial charge in [-0.05, 0) is 6.92 Å². The first-order valence-electron chi connectivity index (χ1n) is 4.70. The number of benzene rings is 1. The summed E-state index contributed by atoms with van der Waals surface area (Å²) in [7, 11) is 0. The SMILES string of the molecule is CC(O)CO.O=C([O-])c1ccccc1C(=O)[O-].[Co+2]. The van der Waals surface area contributed by atoms with E-state index in [2.05, 4.69) is 0 Å². The molecule has 0 heterocycles. The number of aromatic carboxylic acids is 2. The van der Waals surface area contributed by atoms with Crippen molar-refractivity contribution in [2.24, 2.45) is 0 Å². The van der Waals surface area contributed by atoms with E-state index in [9.17, 15) is 19.8 Å². The minimum atomic E-state index is -1.52. The van der Waals surface area contributed by atoms with Gasteiger partial charge in [0.1, 0.15) is 0 Å². The Balaban J connectivity index is 0. The van der Waals surface area contributed by atoms with Crippen LogP contribution in [0.15, 0.2) is 24.3 Å². The first-order valence-corrected chi connectivity index (χ1v) is 4.70. The van der Waals surface area contributed by atoms with Gasteiger partial charge in [0, 0.05) is 11.1 Å². The van der Waals surface area contributed by atoms with Crippen molar-refractivity contribution in [3.63, 3.8) is 0 Å². The molecule has 101 valence electrons. The van der Waals surface area contributed by atoms with Crippen LogP contribution in [0.3, 0.4) is 0 Å². The minimum absolute atomic E-state index is 0. The summed E-state index contributed by atoms with van der Waals surface area (Å²) in [5, 5.41) is 36.7. The number of carboxylic acid groups (broad SMARTS) is 2. The number of carboxylic acids is 2. The molecule has 1 rings (SSSR count). The molecule has 2 N–H and O–H groups in total. The number of aliphatic hydroxyl groups excluding tert-OH is 2. The fraction of sp³-hybridized carbons (Fsp3) is 0.273. The molecule has 0 spiro atoms. The number of carbonyl (C=O) groups excluding carboxylic acids is 2. The van der Waals surface area contributed by atoms with Crippen molar-refractivity contribution in [2.45, 2.75) is 13.0 Å². The van der Waals surface area contributed by atoms with Gasteiger partial charge in [-0.3, -0.25) is 0 Å². The number of rotatable bonds is 3. The summed E-state index contributed by atoms with van der Waals surface area (Å²) in [6, 6.07) is 5.14. The van der Waals surface area contributed by atoms with Crippen LogP contribution in [0, 0.1) is 0 Å². The van der Waals surface area contributed by atoms with Crippen LogP contribution in [0.4, 0.5) is 0 Å². The molecule has 0 aliphatic heterocycles. The minimum Gasteiger partial charge on any atom is -0.545 e. The molecule has 0 amide bonds. The van der Waals surface area contributed by atoms with Crippen molar-refractivity contribution < 1.29 is 46.8 Å². The molecular formula is C11H12CoO6. The molecule has 0 saturated carbocycles. The molecule has 0 aromatic heterocycles. The van der Waals surface area contributed by atoms with Gasteiger partial charge in [0.25, 0.3) is 0 Å². The van der Waals surface area contributed by atoms with E-state index in [1.165, 1.54) is 19.1 Å². The molecule has 1 radical (unpaired) electrons. The molecule has 1 unspecified atom stereocenters. The molecule has 6 nitrogen and oxygen atoms in total. The van der Waals surface area contributed by atoms with Crippen LogP contribution in [0.1, 0.15) is 27.6 Å². The fourth-order valence-electron chi connectivity index (χ4n) is 0.839. The zero-order valence-corrected chi connectivity index (χ0v) is 10.5. The summed E-state index contributed by atoms with van der Waals surface area (Å²) in [6.45, 7) is 1.39. The average Bonchev–Trinajstić information content (AvgIpc) is 2.29. The second-order valence-corrected chi connectivity index (χ2v) is 3.15. The third-order valence-electron chi connectivity index (χ3n) is 1.63.